The number of nitrogens with one attached hydrogen (secondary N) is 1. The van der Waals surface area contributed by atoms with Crippen LogP contribution in [0.2, 0.25) is 0 Å². The molecule has 1 N–H and O–H groups in total. The van der Waals surface area contributed by atoms with Gasteiger partial charge in [-0.05, 0) is 36.6 Å². The van der Waals surface area contributed by atoms with Gasteiger partial charge in [-0.1, -0.05) is 81.3 Å². The largest absolute Gasteiger partial charge is 0.493 e. The van der Waals surface area contributed by atoms with Crippen LogP contribution >= 0.6 is 0 Å². The normalized spacial score (nSPS) is 11.7. The van der Waals surface area contributed by atoms with E-state index < -0.39 is 0 Å². The van der Waals surface area contributed by atoms with E-state index >= 15 is 0 Å². The summed E-state index contributed by atoms with van der Waals surface area (Å²) in [6, 6.07) is 14.5. The molecule has 0 saturated carbocycles. The second kappa shape index (κ2) is 12.8. The van der Waals surface area contributed by atoms with Crippen molar-refractivity contribution < 1.29 is 9.53 Å². The van der Waals surface area contributed by atoms with Gasteiger partial charge in [-0.15, -0.1) is 0 Å². The minimum atomic E-state index is -0.0236. The lowest BCUT2D eigenvalue weighted by Crippen LogP contribution is -2.25. The van der Waals surface area contributed by atoms with Gasteiger partial charge in [0.1, 0.15) is 5.75 Å². The standard InChI is InChI=1S/C25H33NO2/c1-21(2)20-26-25(27)18-9-7-5-3-4-6-8-12-19-28-24-17-13-15-22-14-10-11-16-23(22)24/h5,7,9-11,13-18,21H,3-4,6,8,12,19-20H2,1-2H3,(H,26,27). The van der Waals surface area contributed by atoms with E-state index in [1.54, 1.807) is 6.08 Å². The molecule has 2 rings (SSSR count). The van der Waals surface area contributed by atoms with Crippen molar-refractivity contribution >= 4 is 16.7 Å². The van der Waals surface area contributed by atoms with Crippen LogP contribution in [0.3, 0.4) is 0 Å². The van der Waals surface area contributed by atoms with Gasteiger partial charge in [-0.25, -0.2) is 0 Å². The minimum absolute atomic E-state index is 0.0236. The molecule has 0 aliphatic rings. The third kappa shape index (κ3) is 8.43. The first-order chi connectivity index (χ1) is 13.7. The Balaban J connectivity index is 1.52. The van der Waals surface area contributed by atoms with Crippen molar-refractivity contribution in [1.29, 1.82) is 0 Å². The maximum atomic E-state index is 11.5. The molecule has 1 amide bonds. The number of unbranched alkanes of at least 4 members (excludes halogenated alkanes) is 4. The average Bonchev–Trinajstić information content (AvgIpc) is 2.70. The molecule has 3 heteroatoms. The third-order valence-electron chi connectivity index (χ3n) is 4.45. The van der Waals surface area contributed by atoms with E-state index in [-0.39, 0.29) is 5.91 Å². The molecule has 2 aromatic rings. The van der Waals surface area contributed by atoms with Gasteiger partial charge in [0.25, 0.3) is 0 Å². The van der Waals surface area contributed by atoms with Crippen LogP contribution < -0.4 is 10.1 Å². The van der Waals surface area contributed by atoms with Gasteiger partial charge in [0.05, 0.1) is 6.61 Å². The summed E-state index contributed by atoms with van der Waals surface area (Å²) >= 11 is 0. The van der Waals surface area contributed by atoms with E-state index in [0.29, 0.717) is 5.92 Å². The van der Waals surface area contributed by atoms with Gasteiger partial charge < -0.3 is 10.1 Å². The predicted molar refractivity (Wildman–Crippen MR) is 119 cm³/mol. The third-order valence-corrected chi connectivity index (χ3v) is 4.45. The maximum Gasteiger partial charge on any atom is 0.243 e. The summed E-state index contributed by atoms with van der Waals surface area (Å²) < 4.78 is 5.97. The van der Waals surface area contributed by atoms with E-state index in [0.717, 1.165) is 38.2 Å². The zero-order valence-electron chi connectivity index (χ0n) is 17.2. The lowest BCUT2D eigenvalue weighted by Gasteiger charge is -2.09. The number of allylic oxidation sites excluding steroid dienone is 3. The maximum absolute atomic E-state index is 11.5. The summed E-state index contributed by atoms with van der Waals surface area (Å²) in [5.41, 5.74) is 0. The molecule has 0 radical (unpaired) electrons. The number of carbonyl (C=O) groups excluding carboxylic acids is 1. The molecule has 0 aliphatic heterocycles. The Bertz CT molecular complexity index is 772. The Kier molecular flexibility index (Phi) is 9.92. The highest BCUT2D eigenvalue weighted by Crippen LogP contribution is 2.25. The molecule has 3 nitrogen and oxygen atoms in total. The summed E-state index contributed by atoms with van der Waals surface area (Å²) in [4.78, 5) is 11.5. The number of rotatable bonds is 12. The zero-order valence-corrected chi connectivity index (χ0v) is 17.2. The summed E-state index contributed by atoms with van der Waals surface area (Å²) in [5, 5.41) is 5.27. The molecule has 0 aliphatic carbocycles. The highest BCUT2D eigenvalue weighted by Gasteiger charge is 2.00. The first-order valence-corrected chi connectivity index (χ1v) is 10.4. The SMILES string of the molecule is CC(C)CNC(=O)C=CC=CCCCCCCOc1cccc2ccccc12. The van der Waals surface area contributed by atoms with Gasteiger partial charge in [0.15, 0.2) is 0 Å². The Labute approximate surface area is 169 Å². The summed E-state index contributed by atoms with van der Waals surface area (Å²) in [5.74, 6) is 1.43. The van der Waals surface area contributed by atoms with E-state index in [1.165, 1.54) is 23.6 Å². The fourth-order valence-electron chi connectivity index (χ4n) is 2.90. The zero-order chi connectivity index (χ0) is 20.0. The molecule has 0 fully saturated rings. The molecule has 2 aromatic carbocycles. The van der Waals surface area contributed by atoms with Crippen LogP contribution in [-0.4, -0.2) is 19.1 Å². The molecule has 0 aromatic heterocycles. The molecule has 0 heterocycles. The molecule has 150 valence electrons. The van der Waals surface area contributed by atoms with Gasteiger partial charge >= 0.3 is 0 Å². The molecule has 28 heavy (non-hydrogen) atoms. The van der Waals surface area contributed by atoms with Crippen molar-refractivity contribution in [1.82, 2.24) is 5.32 Å². The lowest BCUT2D eigenvalue weighted by molar-refractivity contribution is -0.116. The molecular weight excluding hydrogens is 346 g/mol. The lowest BCUT2D eigenvalue weighted by atomic mass is 10.1. The average molecular weight is 380 g/mol. The molecule has 0 unspecified atom stereocenters. The van der Waals surface area contributed by atoms with Crippen molar-refractivity contribution in [2.24, 2.45) is 5.92 Å². The van der Waals surface area contributed by atoms with E-state index in [9.17, 15) is 4.79 Å². The predicted octanol–water partition coefficient (Wildman–Crippen LogP) is 6.05. The number of amides is 1. The molecule has 0 saturated heterocycles. The van der Waals surface area contributed by atoms with Crippen molar-refractivity contribution in [2.75, 3.05) is 13.2 Å². The Hall–Kier alpha value is -2.55. The Morgan fingerprint density at radius 3 is 2.64 bits per heavy atom. The molecule has 0 spiro atoms. The molecule has 0 atom stereocenters. The smallest absolute Gasteiger partial charge is 0.243 e. The van der Waals surface area contributed by atoms with Crippen LogP contribution in [0.5, 0.6) is 5.75 Å². The van der Waals surface area contributed by atoms with Crippen LogP contribution in [0, 0.1) is 5.92 Å². The molecular formula is C25H33NO2. The van der Waals surface area contributed by atoms with Gasteiger partial charge in [-0.3, -0.25) is 4.79 Å². The number of ether oxygens (including phenoxy) is 1. The van der Waals surface area contributed by atoms with Crippen molar-refractivity contribution in [3.05, 3.63) is 66.8 Å². The second-order valence-corrected chi connectivity index (χ2v) is 7.45. The monoisotopic (exact) mass is 379 g/mol. The van der Waals surface area contributed by atoms with Crippen LogP contribution in [0.1, 0.15) is 46.0 Å². The van der Waals surface area contributed by atoms with Crippen LogP contribution in [0.15, 0.2) is 66.8 Å². The fourth-order valence-corrected chi connectivity index (χ4v) is 2.90. The van der Waals surface area contributed by atoms with Gasteiger partial charge in [0, 0.05) is 18.0 Å². The summed E-state index contributed by atoms with van der Waals surface area (Å²) in [6.45, 7) is 5.65. The van der Waals surface area contributed by atoms with E-state index in [2.05, 4.69) is 55.6 Å². The summed E-state index contributed by atoms with van der Waals surface area (Å²) in [7, 11) is 0. The molecule has 0 bridgehead atoms. The van der Waals surface area contributed by atoms with Gasteiger partial charge in [0.2, 0.25) is 5.91 Å². The van der Waals surface area contributed by atoms with Crippen molar-refractivity contribution in [3.63, 3.8) is 0 Å². The van der Waals surface area contributed by atoms with Crippen LogP contribution in [0.4, 0.5) is 0 Å². The number of hydrogen-bond donors (Lipinski definition) is 1. The van der Waals surface area contributed by atoms with Crippen LogP contribution in [0.25, 0.3) is 10.8 Å². The number of benzene rings is 2. The van der Waals surface area contributed by atoms with E-state index in [4.69, 9.17) is 4.74 Å². The Morgan fingerprint density at radius 2 is 1.79 bits per heavy atom. The highest BCUT2D eigenvalue weighted by molar-refractivity contribution is 5.88. The topological polar surface area (TPSA) is 38.3 Å². The van der Waals surface area contributed by atoms with Crippen LogP contribution in [-0.2, 0) is 4.79 Å². The number of carbonyl (C=O) groups is 1. The number of fused-ring (bicyclic) bond motifs is 1. The van der Waals surface area contributed by atoms with Crippen molar-refractivity contribution in [3.8, 4) is 5.75 Å². The first-order valence-electron chi connectivity index (χ1n) is 10.4. The quantitative estimate of drug-likeness (QED) is 0.277. The Morgan fingerprint density at radius 1 is 1.00 bits per heavy atom. The first kappa shape index (κ1) is 21.7. The van der Waals surface area contributed by atoms with E-state index in [1.807, 2.05) is 24.3 Å². The van der Waals surface area contributed by atoms with Crippen molar-refractivity contribution in [2.45, 2.75) is 46.0 Å². The second-order valence-electron chi connectivity index (χ2n) is 7.45. The highest BCUT2D eigenvalue weighted by atomic mass is 16.5. The number of hydrogen-bond acceptors (Lipinski definition) is 2. The van der Waals surface area contributed by atoms with Gasteiger partial charge in [-0.2, -0.15) is 0 Å². The fraction of sp³-hybridized carbons (Fsp3) is 0.400. The summed E-state index contributed by atoms with van der Waals surface area (Å²) in [6.07, 6.45) is 13.1. The minimum Gasteiger partial charge on any atom is -0.493 e.